The predicted octanol–water partition coefficient (Wildman–Crippen LogP) is -0.211. The van der Waals surface area contributed by atoms with E-state index in [1.54, 1.807) is 6.92 Å². The summed E-state index contributed by atoms with van der Waals surface area (Å²) in [4.78, 5) is 0. The zero-order valence-corrected chi connectivity index (χ0v) is 10.2. The Bertz CT molecular complexity index is 270. The van der Waals surface area contributed by atoms with Gasteiger partial charge in [0, 0.05) is 20.6 Å². The largest absolute Gasteiger partial charge is 0.389 e. The monoisotopic (exact) mass is 224 g/mol. The Balaban J connectivity index is 4.34. The normalized spacial score (nSPS) is 17.4. The van der Waals surface area contributed by atoms with Crippen molar-refractivity contribution in [3.05, 3.63) is 0 Å². The molecular formula is C8H20N2O3S. The Hall–Kier alpha value is -0.170. The summed E-state index contributed by atoms with van der Waals surface area (Å²) in [5.41, 5.74) is -1.02. The van der Waals surface area contributed by atoms with Crippen LogP contribution in [0.25, 0.3) is 0 Å². The molecule has 6 heteroatoms. The molecule has 0 rings (SSSR count). The van der Waals surface area contributed by atoms with E-state index in [1.807, 2.05) is 13.8 Å². The van der Waals surface area contributed by atoms with Crippen LogP contribution in [0.3, 0.4) is 0 Å². The van der Waals surface area contributed by atoms with Gasteiger partial charge < -0.3 is 5.11 Å². The molecule has 1 atom stereocenters. The van der Waals surface area contributed by atoms with Gasteiger partial charge in [-0.15, -0.1) is 0 Å². The van der Waals surface area contributed by atoms with Gasteiger partial charge >= 0.3 is 0 Å². The van der Waals surface area contributed by atoms with Crippen molar-refractivity contribution in [1.82, 2.24) is 9.03 Å². The average molecular weight is 224 g/mol. The first-order valence-electron chi connectivity index (χ1n) is 4.49. The zero-order chi connectivity index (χ0) is 11.6. The highest BCUT2D eigenvalue weighted by Crippen LogP contribution is 2.14. The Labute approximate surface area is 86.3 Å². The summed E-state index contributed by atoms with van der Waals surface area (Å²) in [6, 6.07) is 0. The fraction of sp³-hybridized carbons (Fsp3) is 1.00. The summed E-state index contributed by atoms with van der Waals surface area (Å²) >= 11 is 0. The van der Waals surface area contributed by atoms with Crippen LogP contribution < -0.4 is 4.72 Å². The molecule has 0 aromatic rings. The van der Waals surface area contributed by atoms with Crippen LogP contribution in [0.2, 0.25) is 0 Å². The molecule has 0 spiro atoms. The minimum Gasteiger partial charge on any atom is -0.389 e. The van der Waals surface area contributed by atoms with Gasteiger partial charge in [0.15, 0.2) is 0 Å². The van der Waals surface area contributed by atoms with E-state index in [-0.39, 0.29) is 12.5 Å². The van der Waals surface area contributed by atoms with Crippen molar-refractivity contribution in [3.63, 3.8) is 0 Å². The van der Waals surface area contributed by atoms with Crippen LogP contribution in [-0.2, 0) is 10.2 Å². The van der Waals surface area contributed by atoms with E-state index >= 15 is 0 Å². The lowest BCUT2D eigenvalue weighted by atomic mass is 9.93. The van der Waals surface area contributed by atoms with Gasteiger partial charge in [-0.25, -0.2) is 0 Å². The smallest absolute Gasteiger partial charge is 0.279 e. The number of rotatable bonds is 5. The first-order valence-corrected chi connectivity index (χ1v) is 5.93. The van der Waals surface area contributed by atoms with Crippen LogP contribution in [0.1, 0.15) is 20.8 Å². The lowest BCUT2D eigenvalue weighted by molar-refractivity contribution is 0.0188. The molecule has 5 nitrogen and oxygen atoms in total. The molecule has 0 amide bonds. The minimum absolute atomic E-state index is 0.00707. The minimum atomic E-state index is -3.44. The van der Waals surface area contributed by atoms with Crippen molar-refractivity contribution in [3.8, 4) is 0 Å². The van der Waals surface area contributed by atoms with Gasteiger partial charge in [-0.1, -0.05) is 13.8 Å². The van der Waals surface area contributed by atoms with Crippen molar-refractivity contribution < 1.29 is 13.5 Å². The molecule has 0 aliphatic carbocycles. The molecule has 86 valence electrons. The van der Waals surface area contributed by atoms with E-state index in [0.717, 1.165) is 4.31 Å². The van der Waals surface area contributed by atoms with Gasteiger partial charge in [-0.2, -0.15) is 17.4 Å². The fourth-order valence-corrected chi connectivity index (χ4v) is 1.30. The highest BCUT2D eigenvalue weighted by atomic mass is 32.2. The topological polar surface area (TPSA) is 69.6 Å². The lowest BCUT2D eigenvalue weighted by Crippen LogP contribution is -2.47. The molecule has 0 bridgehead atoms. The third-order valence-electron chi connectivity index (χ3n) is 2.34. The van der Waals surface area contributed by atoms with E-state index in [1.165, 1.54) is 14.1 Å². The maximum Gasteiger partial charge on any atom is 0.279 e. The predicted molar refractivity (Wildman–Crippen MR) is 56.1 cm³/mol. The maximum atomic E-state index is 11.3. The molecule has 0 aromatic carbocycles. The van der Waals surface area contributed by atoms with Crippen LogP contribution in [-0.4, -0.2) is 44.1 Å². The first kappa shape index (κ1) is 13.8. The van der Waals surface area contributed by atoms with Crippen LogP contribution in [0.5, 0.6) is 0 Å². The van der Waals surface area contributed by atoms with Crippen molar-refractivity contribution in [2.75, 3.05) is 20.6 Å². The SMILES string of the molecule is CC(C)C(C)(O)CNS(=O)(=O)N(C)C. The highest BCUT2D eigenvalue weighted by Gasteiger charge is 2.27. The van der Waals surface area contributed by atoms with Gasteiger partial charge in [0.1, 0.15) is 0 Å². The van der Waals surface area contributed by atoms with Gasteiger partial charge in [-0.3, -0.25) is 0 Å². The summed E-state index contributed by atoms with van der Waals surface area (Å²) < 4.78 is 26.0. The summed E-state index contributed by atoms with van der Waals surface area (Å²) in [6.45, 7) is 5.30. The van der Waals surface area contributed by atoms with E-state index in [0.29, 0.717) is 0 Å². The number of nitrogens with zero attached hydrogens (tertiary/aromatic N) is 1. The molecule has 2 N–H and O–H groups in total. The van der Waals surface area contributed by atoms with Gasteiger partial charge in [0.05, 0.1) is 5.60 Å². The number of hydrogen-bond donors (Lipinski definition) is 2. The number of hydrogen-bond acceptors (Lipinski definition) is 3. The Kier molecular flexibility index (Phi) is 4.51. The molecule has 0 saturated heterocycles. The summed E-state index contributed by atoms with van der Waals surface area (Å²) in [7, 11) is -0.568. The Morgan fingerprint density at radius 2 is 1.86 bits per heavy atom. The van der Waals surface area contributed by atoms with Crippen LogP contribution in [0.4, 0.5) is 0 Å². The van der Waals surface area contributed by atoms with Gasteiger partial charge in [0.2, 0.25) is 0 Å². The average Bonchev–Trinajstić information content (AvgIpc) is 2.01. The first-order chi connectivity index (χ1) is 6.09. The Morgan fingerprint density at radius 3 is 2.14 bits per heavy atom. The third kappa shape index (κ3) is 3.91. The summed E-state index contributed by atoms with van der Waals surface area (Å²) in [5, 5.41) is 9.79. The molecular weight excluding hydrogens is 204 g/mol. The summed E-state index contributed by atoms with van der Waals surface area (Å²) in [6.07, 6.45) is 0. The highest BCUT2D eigenvalue weighted by molar-refractivity contribution is 7.87. The van der Waals surface area contributed by atoms with Crippen molar-refractivity contribution >= 4 is 10.2 Å². The second-order valence-electron chi connectivity index (χ2n) is 4.12. The van der Waals surface area contributed by atoms with Gasteiger partial charge in [-0.05, 0) is 12.8 Å². The number of aliphatic hydroxyl groups is 1. The third-order valence-corrected chi connectivity index (χ3v) is 3.81. The molecule has 1 unspecified atom stereocenters. The van der Waals surface area contributed by atoms with Crippen LogP contribution in [0.15, 0.2) is 0 Å². The van der Waals surface area contributed by atoms with Gasteiger partial charge in [0.25, 0.3) is 10.2 Å². The zero-order valence-electron chi connectivity index (χ0n) is 9.40. The fourth-order valence-electron chi connectivity index (χ4n) is 0.571. The van der Waals surface area contributed by atoms with Crippen molar-refractivity contribution in [2.45, 2.75) is 26.4 Å². The standard InChI is InChI=1S/C8H20N2O3S/c1-7(2)8(3,11)6-9-14(12,13)10(4)5/h7,9,11H,6H2,1-5H3. The second kappa shape index (κ2) is 4.57. The van der Waals surface area contributed by atoms with Crippen molar-refractivity contribution in [1.29, 1.82) is 0 Å². The van der Waals surface area contributed by atoms with Crippen molar-refractivity contribution in [2.24, 2.45) is 5.92 Å². The van der Waals surface area contributed by atoms with Crippen LogP contribution in [0, 0.1) is 5.92 Å². The lowest BCUT2D eigenvalue weighted by Gasteiger charge is -2.28. The van der Waals surface area contributed by atoms with E-state index in [2.05, 4.69) is 4.72 Å². The molecule has 14 heavy (non-hydrogen) atoms. The quantitative estimate of drug-likeness (QED) is 0.679. The van der Waals surface area contributed by atoms with Crippen LogP contribution >= 0.6 is 0 Å². The summed E-state index contributed by atoms with van der Waals surface area (Å²) in [5.74, 6) is -0.00707. The molecule has 0 aliphatic heterocycles. The number of nitrogens with one attached hydrogen (secondary N) is 1. The molecule has 0 saturated carbocycles. The van der Waals surface area contributed by atoms with E-state index in [4.69, 9.17) is 0 Å². The molecule has 0 aliphatic rings. The maximum absolute atomic E-state index is 11.3. The van der Waals surface area contributed by atoms with E-state index < -0.39 is 15.8 Å². The molecule has 0 radical (unpaired) electrons. The molecule has 0 heterocycles. The molecule has 0 aromatic heterocycles. The second-order valence-corrected chi connectivity index (χ2v) is 6.09. The van der Waals surface area contributed by atoms with E-state index in [9.17, 15) is 13.5 Å². The Morgan fingerprint density at radius 1 is 1.43 bits per heavy atom. The molecule has 0 fully saturated rings.